The zero-order valence-corrected chi connectivity index (χ0v) is 24.8. The average molecular weight is 586 g/mol. The summed E-state index contributed by atoms with van der Waals surface area (Å²) in [5, 5.41) is 13.0. The van der Waals surface area contributed by atoms with Crippen LogP contribution in [0.3, 0.4) is 0 Å². The number of piperidine rings is 1. The fraction of sp³-hybridized carbons (Fsp3) is 0.371. The molecule has 1 saturated heterocycles. The SMILES string of the molecule is Cc1c(Cc2ccccc2)c(=O)oc2c(C)c(OCC(=O)N3CC[C@]4(O)CCCC[C@H]4[C@@H]3c3ccc(Cl)cc3)ccc12. The van der Waals surface area contributed by atoms with Crippen molar-refractivity contribution in [3.8, 4) is 5.75 Å². The number of rotatable bonds is 6. The number of aryl methyl sites for hydroxylation is 2. The van der Waals surface area contributed by atoms with Crippen LogP contribution in [-0.4, -0.2) is 34.7 Å². The number of fused-ring (bicyclic) bond motifs is 2. The molecule has 4 aromatic rings. The Kier molecular flexibility index (Phi) is 7.86. The molecule has 6 rings (SSSR count). The van der Waals surface area contributed by atoms with Crippen LogP contribution in [-0.2, 0) is 11.2 Å². The van der Waals surface area contributed by atoms with Crippen LogP contribution in [0.4, 0.5) is 0 Å². The van der Waals surface area contributed by atoms with Crippen molar-refractivity contribution >= 4 is 28.5 Å². The quantitative estimate of drug-likeness (QED) is 0.248. The van der Waals surface area contributed by atoms with Gasteiger partial charge in [0, 0.05) is 40.4 Å². The van der Waals surface area contributed by atoms with Crippen molar-refractivity contribution in [2.75, 3.05) is 13.2 Å². The maximum absolute atomic E-state index is 13.7. The first-order valence-corrected chi connectivity index (χ1v) is 15.1. The molecular weight excluding hydrogens is 550 g/mol. The van der Waals surface area contributed by atoms with Crippen LogP contribution < -0.4 is 10.4 Å². The molecule has 1 amide bonds. The van der Waals surface area contributed by atoms with E-state index >= 15 is 0 Å². The van der Waals surface area contributed by atoms with Crippen molar-refractivity contribution in [2.45, 2.75) is 64.0 Å². The van der Waals surface area contributed by atoms with Gasteiger partial charge in [-0.3, -0.25) is 4.79 Å². The Bertz CT molecular complexity index is 1670. The van der Waals surface area contributed by atoms with E-state index in [1.54, 1.807) is 0 Å². The van der Waals surface area contributed by atoms with Crippen molar-refractivity contribution in [1.82, 2.24) is 4.90 Å². The number of benzene rings is 3. The predicted octanol–water partition coefficient (Wildman–Crippen LogP) is 6.93. The number of ether oxygens (including phenoxy) is 1. The van der Waals surface area contributed by atoms with Gasteiger partial charge in [0.1, 0.15) is 11.3 Å². The Morgan fingerprint density at radius 2 is 1.79 bits per heavy atom. The lowest BCUT2D eigenvalue weighted by Crippen LogP contribution is -2.56. The Labute approximate surface area is 250 Å². The normalized spacial score (nSPS) is 22.1. The largest absolute Gasteiger partial charge is 0.483 e. The number of likely N-dealkylation sites (tertiary alicyclic amines) is 1. The van der Waals surface area contributed by atoms with Gasteiger partial charge in [-0.25, -0.2) is 4.79 Å². The molecule has 42 heavy (non-hydrogen) atoms. The van der Waals surface area contributed by atoms with Gasteiger partial charge in [0.15, 0.2) is 6.61 Å². The maximum Gasteiger partial charge on any atom is 0.340 e. The molecule has 1 aliphatic carbocycles. The lowest BCUT2D eigenvalue weighted by molar-refractivity contribution is -0.157. The van der Waals surface area contributed by atoms with Crippen LogP contribution in [0.15, 0.2) is 75.9 Å². The molecular formula is C35H36ClNO5. The minimum absolute atomic E-state index is 0.0464. The van der Waals surface area contributed by atoms with E-state index < -0.39 is 5.60 Å². The van der Waals surface area contributed by atoms with E-state index in [0.717, 1.165) is 47.8 Å². The molecule has 6 nitrogen and oxygen atoms in total. The highest BCUT2D eigenvalue weighted by Crippen LogP contribution is 2.49. The second-order valence-electron chi connectivity index (χ2n) is 11.8. The highest BCUT2D eigenvalue weighted by Gasteiger charge is 2.50. The van der Waals surface area contributed by atoms with Crippen molar-refractivity contribution in [1.29, 1.82) is 0 Å². The first kappa shape index (κ1) is 28.5. The molecule has 1 N–H and O–H groups in total. The molecule has 1 aromatic heterocycles. The number of carbonyl (C=O) groups excluding carboxylic acids is 1. The molecule has 1 saturated carbocycles. The van der Waals surface area contributed by atoms with Gasteiger partial charge in [-0.05, 0) is 74.1 Å². The molecule has 0 spiro atoms. The molecule has 2 fully saturated rings. The number of hydrogen-bond acceptors (Lipinski definition) is 5. The molecule has 2 aliphatic rings. The summed E-state index contributed by atoms with van der Waals surface area (Å²) in [7, 11) is 0. The summed E-state index contributed by atoms with van der Waals surface area (Å²) in [5.41, 5.74) is 3.56. The second-order valence-corrected chi connectivity index (χ2v) is 12.2. The van der Waals surface area contributed by atoms with Gasteiger partial charge in [0.2, 0.25) is 0 Å². The average Bonchev–Trinajstić information content (AvgIpc) is 2.99. The molecule has 0 unspecified atom stereocenters. The van der Waals surface area contributed by atoms with E-state index in [9.17, 15) is 14.7 Å². The van der Waals surface area contributed by atoms with Crippen molar-refractivity contribution < 1.29 is 19.1 Å². The van der Waals surface area contributed by atoms with Gasteiger partial charge < -0.3 is 19.2 Å². The van der Waals surface area contributed by atoms with Gasteiger partial charge >= 0.3 is 5.63 Å². The molecule has 0 bridgehead atoms. The molecule has 3 atom stereocenters. The van der Waals surface area contributed by atoms with Crippen LogP contribution in [0.1, 0.15) is 66.0 Å². The first-order chi connectivity index (χ1) is 20.2. The summed E-state index contributed by atoms with van der Waals surface area (Å²) in [5.74, 6) is 0.316. The zero-order chi connectivity index (χ0) is 29.4. The van der Waals surface area contributed by atoms with Crippen molar-refractivity contribution in [2.24, 2.45) is 5.92 Å². The molecule has 0 radical (unpaired) electrons. The standard InChI is InChI=1S/C35H36ClNO5/c1-22-27-15-16-30(23(2)33(27)42-34(39)28(22)20-24-8-4-3-5-9-24)41-21-31(38)37-19-18-35(40)17-7-6-10-29(35)32(37)25-11-13-26(36)14-12-25/h3-5,8-9,11-16,29,32,40H,6-7,10,17-21H2,1-2H3/t29-,32-,35+/m0/s1. The Balaban J connectivity index is 1.25. The Hall–Kier alpha value is -3.61. The third-order valence-corrected chi connectivity index (χ3v) is 9.58. The van der Waals surface area contributed by atoms with Gasteiger partial charge in [0.25, 0.3) is 5.91 Å². The van der Waals surface area contributed by atoms with Crippen molar-refractivity contribution in [3.05, 3.63) is 110 Å². The van der Waals surface area contributed by atoms with Crippen LogP contribution in [0.25, 0.3) is 11.0 Å². The summed E-state index contributed by atoms with van der Waals surface area (Å²) in [6.45, 7) is 4.09. The fourth-order valence-electron chi connectivity index (χ4n) is 6.99. The Morgan fingerprint density at radius 3 is 2.55 bits per heavy atom. The minimum atomic E-state index is -0.774. The first-order valence-electron chi connectivity index (χ1n) is 14.7. The number of amides is 1. The molecule has 7 heteroatoms. The number of halogens is 1. The Morgan fingerprint density at radius 1 is 1.02 bits per heavy atom. The van der Waals surface area contributed by atoms with E-state index in [-0.39, 0.29) is 30.1 Å². The van der Waals surface area contributed by atoms with Gasteiger partial charge in [-0.1, -0.05) is 66.9 Å². The minimum Gasteiger partial charge on any atom is -0.483 e. The summed E-state index contributed by atoms with van der Waals surface area (Å²) in [6.07, 6.45) is 4.71. The topological polar surface area (TPSA) is 80.0 Å². The second kappa shape index (κ2) is 11.6. The van der Waals surface area contributed by atoms with Gasteiger partial charge in [-0.2, -0.15) is 0 Å². The highest BCUT2D eigenvalue weighted by molar-refractivity contribution is 6.30. The summed E-state index contributed by atoms with van der Waals surface area (Å²) in [4.78, 5) is 28.6. The number of nitrogens with zero attached hydrogens (tertiary/aromatic N) is 1. The molecule has 1 aliphatic heterocycles. The third-order valence-electron chi connectivity index (χ3n) is 9.33. The van der Waals surface area contributed by atoms with Crippen LogP contribution in [0.2, 0.25) is 5.02 Å². The molecule has 3 aromatic carbocycles. The smallest absolute Gasteiger partial charge is 0.340 e. The summed E-state index contributed by atoms with van der Waals surface area (Å²) in [6, 6.07) is 20.9. The van der Waals surface area contributed by atoms with E-state index in [4.69, 9.17) is 20.8 Å². The summed E-state index contributed by atoms with van der Waals surface area (Å²) < 4.78 is 11.9. The molecule has 218 valence electrons. The molecule has 2 heterocycles. The number of aliphatic hydroxyl groups is 1. The lowest BCUT2D eigenvalue weighted by Gasteiger charge is -2.52. The third kappa shape index (κ3) is 5.34. The van der Waals surface area contributed by atoms with E-state index in [1.165, 1.54) is 0 Å². The van der Waals surface area contributed by atoms with Crippen molar-refractivity contribution in [3.63, 3.8) is 0 Å². The number of hydrogen-bond donors (Lipinski definition) is 1. The van der Waals surface area contributed by atoms with Gasteiger partial charge in [-0.15, -0.1) is 0 Å². The zero-order valence-electron chi connectivity index (χ0n) is 24.1. The van der Waals surface area contributed by atoms with Gasteiger partial charge in [0.05, 0.1) is 11.6 Å². The summed E-state index contributed by atoms with van der Waals surface area (Å²) >= 11 is 6.18. The van der Waals surface area contributed by atoms with Crippen LogP contribution in [0, 0.1) is 19.8 Å². The monoisotopic (exact) mass is 585 g/mol. The van der Waals surface area contributed by atoms with E-state index in [1.807, 2.05) is 85.5 Å². The van der Waals surface area contributed by atoms with E-state index in [2.05, 4.69) is 0 Å². The highest BCUT2D eigenvalue weighted by atomic mass is 35.5. The lowest BCUT2D eigenvalue weighted by atomic mass is 9.66. The fourth-order valence-corrected chi connectivity index (χ4v) is 7.11. The maximum atomic E-state index is 13.7. The van der Waals surface area contributed by atoms with Crippen LogP contribution >= 0.6 is 11.6 Å². The van der Waals surface area contributed by atoms with E-state index in [0.29, 0.717) is 46.9 Å². The number of carbonyl (C=O) groups is 1. The predicted molar refractivity (Wildman–Crippen MR) is 164 cm³/mol. The van der Waals surface area contributed by atoms with Crippen LogP contribution in [0.5, 0.6) is 5.75 Å².